The van der Waals surface area contributed by atoms with Crippen molar-refractivity contribution in [3.8, 4) is 0 Å². The topological polar surface area (TPSA) is 53.0 Å². The fourth-order valence-electron chi connectivity index (χ4n) is 3.46. The minimum atomic E-state index is 0. The maximum Gasteiger partial charge on any atom is 0.194 e. The molecule has 154 valence electrons. The molecule has 1 aromatic heterocycles. The van der Waals surface area contributed by atoms with Gasteiger partial charge in [-0.2, -0.15) is 0 Å². The van der Waals surface area contributed by atoms with Gasteiger partial charge < -0.3 is 15.0 Å². The van der Waals surface area contributed by atoms with Crippen LogP contribution in [0.3, 0.4) is 0 Å². The molecule has 2 aliphatic heterocycles. The van der Waals surface area contributed by atoms with E-state index in [2.05, 4.69) is 46.3 Å². The number of rotatable bonds is 4. The number of halogens is 1. The Kier molecular flexibility index (Phi) is 8.76. The second-order valence-electron chi connectivity index (χ2n) is 8.29. The molecule has 0 amide bonds. The first-order valence-electron chi connectivity index (χ1n) is 9.66. The van der Waals surface area contributed by atoms with Crippen LogP contribution < -0.4 is 5.32 Å². The smallest absolute Gasteiger partial charge is 0.194 e. The Morgan fingerprint density at radius 2 is 2.07 bits per heavy atom. The highest BCUT2D eigenvalue weighted by molar-refractivity contribution is 14.0. The summed E-state index contributed by atoms with van der Waals surface area (Å²) in [4.78, 5) is 14.2. The fourth-order valence-corrected chi connectivity index (χ4v) is 4.42. The third-order valence-electron chi connectivity index (χ3n) is 5.14. The number of nitrogens with one attached hydrogen (secondary N) is 1. The highest BCUT2D eigenvalue weighted by Crippen LogP contribution is 2.23. The number of hydrogen-bond acceptors (Lipinski definition) is 5. The van der Waals surface area contributed by atoms with Crippen LogP contribution in [0.15, 0.2) is 10.4 Å². The van der Waals surface area contributed by atoms with E-state index >= 15 is 0 Å². The van der Waals surface area contributed by atoms with E-state index in [0.717, 1.165) is 62.8 Å². The molecule has 8 heteroatoms. The molecule has 1 N–H and O–H groups in total. The van der Waals surface area contributed by atoms with Crippen molar-refractivity contribution < 1.29 is 4.74 Å². The summed E-state index contributed by atoms with van der Waals surface area (Å²) in [6, 6.07) is 0. The van der Waals surface area contributed by atoms with Gasteiger partial charge in [0.25, 0.3) is 0 Å². The van der Waals surface area contributed by atoms with Crippen molar-refractivity contribution in [2.45, 2.75) is 39.2 Å². The molecule has 27 heavy (non-hydrogen) atoms. The van der Waals surface area contributed by atoms with Crippen LogP contribution >= 0.6 is 35.3 Å². The van der Waals surface area contributed by atoms with E-state index in [1.54, 1.807) is 11.3 Å². The Balaban J connectivity index is 0.00000261. The van der Waals surface area contributed by atoms with E-state index in [-0.39, 0.29) is 29.4 Å². The summed E-state index contributed by atoms with van der Waals surface area (Å²) < 4.78 is 5.50. The Bertz CT molecular complexity index is 601. The first-order valence-corrected chi connectivity index (χ1v) is 10.5. The number of guanidine groups is 1. The molecule has 2 fully saturated rings. The maximum absolute atomic E-state index is 5.50. The van der Waals surface area contributed by atoms with E-state index < -0.39 is 0 Å². The molecular weight excluding hydrogens is 473 g/mol. The molecule has 2 saturated heterocycles. The molecule has 2 aliphatic rings. The van der Waals surface area contributed by atoms with E-state index in [4.69, 9.17) is 9.72 Å². The highest BCUT2D eigenvalue weighted by Gasteiger charge is 2.24. The predicted molar refractivity (Wildman–Crippen MR) is 123 cm³/mol. The second kappa shape index (κ2) is 10.4. The molecule has 0 saturated carbocycles. The molecule has 3 rings (SSSR count). The Morgan fingerprint density at radius 3 is 2.63 bits per heavy atom. The lowest BCUT2D eigenvalue weighted by Crippen LogP contribution is -2.53. The van der Waals surface area contributed by atoms with Crippen molar-refractivity contribution in [2.24, 2.45) is 10.9 Å². The van der Waals surface area contributed by atoms with Crippen molar-refractivity contribution in [2.75, 3.05) is 53.0 Å². The van der Waals surface area contributed by atoms with E-state index in [1.807, 2.05) is 7.05 Å². The van der Waals surface area contributed by atoms with Gasteiger partial charge in [-0.15, -0.1) is 35.3 Å². The zero-order valence-electron chi connectivity index (χ0n) is 17.0. The third kappa shape index (κ3) is 6.54. The second-order valence-corrected chi connectivity index (χ2v) is 9.24. The van der Waals surface area contributed by atoms with Gasteiger partial charge in [0.15, 0.2) is 5.96 Å². The summed E-state index contributed by atoms with van der Waals surface area (Å²) in [7, 11) is 1.87. The normalized spacial score (nSPS) is 22.0. The summed E-state index contributed by atoms with van der Waals surface area (Å²) in [6.45, 7) is 14.7. The average Bonchev–Trinajstić information content (AvgIpc) is 3.28. The van der Waals surface area contributed by atoms with Gasteiger partial charge in [0, 0.05) is 57.2 Å². The van der Waals surface area contributed by atoms with Crippen LogP contribution in [0.5, 0.6) is 0 Å². The molecular formula is C19H34IN5OS. The number of aromatic nitrogens is 1. The third-order valence-corrected chi connectivity index (χ3v) is 5.99. The lowest BCUT2D eigenvalue weighted by atomic mass is 9.93. The Labute approximate surface area is 184 Å². The molecule has 6 nitrogen and oxygen atoms in total. The van der Waals surface area contributed by atoms with Crippen LogP contribution in [0.4, 0.5) is 0 Å². The van der Waals surface area contributed by atoms with Crippen LogP contribution in [0.25, 0.3) is 0 Å². The largest absolute Gasteiger partial charge is 0.381 e. The Hall–Kier alpha value is -0.450. The summed E-state index contributed by atoms with van der Waals surface area (Å²) >= 11 is 1.73. The molecule has 1 aromatic rings. The zero-order chi connectivity index (χ0) is 18.6. The van der Waals surface area contributed by atoms with Crippen molar-refractivity contribution in [3.63, 3.8) is 0 Å². The van der Waals surface area contributed by atoms with Gasteiger partial charge in [0.2, 0.25) is 0 Å². The SMILES string of the molecule is CN=C(NCc1nc(C(C)(C)C)cs1)N1CCN(CC2CCOC2)CC1.I. The van der Waals surface area contributed by atoms with Gasteiger partial charge in [-0.1, -0.05) is 20.8 Å². The van der Waals surface area contributed by atoms with Gasteiger partial charge in [-0.3, -0.25) is 9.89 Å². The molecule has 0 aliphatic carbocycles. The molecule has 0 spiro atoms. The van der Waals surface area contributed by atoms with Gasteiger partial charge in [-0.05, 0) is 12.3 Å². The van der Waals surface area contributed by atoms with Crippen LogP contribution in [-0.4, -0.2) is 73.7 Å². The van der Waals surface area contributed by atoms with Crippen molar-refractivity contribution in [3.05, 3.63) is 16.1 Å². The summed E-state index contributed by atoms with van der Waals surface area (Å²) in [6.07, 6.45) is 1.22. The highest BCUT2D eigenvalue weighted by atomic mass is 127. The molecule has 3 heterocycles. The summed E-state index contributed by atoms with van der Waals surface area (Å²) in [5, 5.41) is 6.79. The van der Waals surface area contributed by atoms with Gasteiger partial charge in [0.05, 0.1) is 18.8 Å². The standard InChI is InChI=1S/C19H33N5OS.HI/c1-19(2,3)16-14-26-17(22-16)11-21-18(20-4)24-8-6-23(7-9-24)12-15-5-10-25-13-15;/h14-15H,5-13H2,1-4H3,(H,20,21);1H. The van der Waals surface area contributed by atoms with Gasteiger partial charge in [0.1, 0.15) is 5.01 Å². The number of aliphatic imine (C=N–C) groups is 1. The molecule has 1 atom stereocenters. The van der Waals surface area contributed by atoms with Crippen molar-refractivity contribution in [1.82, 2.24) is 20.1 Å². The monoisotopic (exact) mass is 507 g/mol. The van der Waals surface area contributed by atoms with E-state index in [9.17, 15) is 0 Å². The van der Waals surface area contributed by atoms with E-state index in [0.29, 0.717) is 0 Å². The maximum atomic E-state index is 5.50. The van der Waals surface area contributed by atoms with Crippen LogP contribution in [0, 0.1) is 5.92 Å². The fraction of sp³-hybridized carbons (Fsp3) is 0.789. The molecule has 1 unspecified atom stereocenters. The van der Waals surface area contributed by atoms with E-state index in [1.165, 1.54) is 18.7 Å². The predicted octanol–water partition coefficient (Wildman–Crippen LogP) is 2.79. The first-order chi connectivity index (χ1) is 12.5. The molecule has 0 radical (unpaired) electrons. The zero-order valence-corrected chi connectivity index (χ0v) is 20.2. The number of thiazole rings is 1. The van der Waals surface area contributed by atoms with Crippen LogP contribution in [0.2, 0.25) is 0 Å². The first kappa shape index (κ1) is 22.8. The quantitative estimate of drug-likeness (QED) is 0.386. The van der Waals surface area contributed by atoms with Crippen molar-refractivity contribution in [1.29, 1.82) is 0 Å². The molecule has 0 bridgehead atoms. The minimum absolute atomic E-state index is 0. The number of ether oxygens (including phenoxy) is 1. The number of hydrogen-bond donors (Lipinski definition) is 1. The minimum Gasteiger partial charge on any atom is -0.381 e. The lowest BCUT2D eigenvalue weighted by Gasteiger charge is -2.37. The van der Waals surface area contributed by atoms with Crippen LogP contribution in [0.1, 0.15) is 37.9 Å². The lowest BCUT2D eigenvalue weighted by molar-refractivity contribution is 0.139. The Morgan fingerprint density at radius 1 is 1.33 bits per heavy atom. The van der Waals surface area contributed by atoms with Crippen molar-refractivity contribution >= 4 is 41.3 Å². The number of piperazine rings is 1. The van der Waals surface area contributed by atoms with Gasteiger partial charge >= 0.3 is 0 Å². The van der Waals surface area contributed by atoms with Gasteiger partial charge in [-0.25, -0.2) is 4.98 Å². The van der Waals surface area contributed by atoms with Crippen LogP contribution in [-0.2, 0) is 16.7 Å². The molecule has 0 aromatic carbocycles. The summed E-state index contributed by atoms with van der Waals surface area (Å²) in [5.74, 6) is 1.71. The average molecular weight is 507 g/mol. The number of nitrogens with zero attached hydrogens (tertiary/aromatic N) is 4. The summed E-state index contributed by atoms with van der Waals surface area (Å²) in [5.41, 5.74) is 1.27.